The smallest absolute Gasteiger partial charge is 0.155 e. The van der Waals surface area contributed by atoms with Crippen LogP contribution in [0.4, 0.5) is 5.82 Å². The molecular formula is C18H21BrN6. The molecule has 130 valence electrons. The van der Waals surface area contributed by atoms with Crippen molar-refractivity contribution in [2.75, 3.05) is 11.4 Å². The van der Waals surface area contributed by atoms with Crippen molar-refractivity contribution in [3.8, 4) is 0 Å². The number of hydrogen-bond donors (Lipinski definition) is 0. The highest BCUT2D eigenvalue weighted by Gasteiger charge is 2.32. The number of fused-ring (bicyclic) bond motifs is 1. The molecule has 0 aliphatic carbocycles. The summed E-state index contributed by atoms with van der Waals surface area (Å²) in [5.74, 6) is 2.57. The van der Waals surface area contributed by atoms with Crippen molar-refractivity contribution < 1.29 is 0 Å². The van der Waals surface area contributed by atoms with Crippen LogP contribution in [-0.4, -0.2) is 31.3 Å². The van der Waals surface area contributed by atoms with E-state index < -0.39 is 0 Å². The second kappa shape index (κ2) is 6.71. The number of anilines is 1. The summed E-state index contributed by atoms with van der Waals surface area (Å²) in [7, 11) is 0. The fourth-order valence-corrected chi connectivity index (χ4v) is 3.95. The quantitative estimate of drug-likeness (QED) is 0.662. The van der Waals surface area contributed by atoms with Crippen molar-refractivity contribution >= 4 is 32.7 Å². The molecule has 1 aromatic carbocycles. The van der Waals surface area contributed by atoms with E-state index in [1.807, 2.05) is 18.5 Å². The number of aromatic nitrogens is 5. The number of benzene rings is 1. The van der Waals surface area contributed by atoms with Gasteiger partial charge in [0.2, 0.25) is 0 Å². The van der Waals surface area contributed by atoms with Crippen LogP contribution in [0.25, 0.3) is 10.9 Å². The molecule has 1 unspecified atom stereocenters. The maximum absolute atomic E-state index is 4.62. The minimum atomic E-state index is 0.207. The molecule has 6 nitrogen and oxygen atoms in total. The van der Waals surface area contributed by atoms with Crippen molar-refractivity contribution in [1.29, 1.82) is 0 Å². The Morgan fingerprint density at radius 3 is 3.00 bits per heavy atom. The van der Waals surface area contributed by atoms with Crippen molar-refractivity contribution in [3.63, 3.8) is 0 Å². The van der Waals surface area contributed by atoms with Gasteiger partial charge in [0.25, 0.3) is 0 Å². The van der Waals surface area contributed by atoms with Crippen LogP contribution >= 0.6 is 15.9 Å². The fraction of sp³-hybridized carbons (Fsp3) is 0.444. The standard InChI is InChI=1S/C18H21BrN6/c1-12(2)9-24-11-22-23-18(24)16-4-3-7-25(16)17-14-8-13(19)5-6-15(14)20-10-21-17/h5-6,8,10-12,16H,3-4,7,9H2,1-2H3. The zero-order valence-corrected chi connectivity index (χ0v) is 16.0. The van der Waals surface area contributed by atoms with Gasteiger partial charge in [-0.2, -0.15) is 0 Å². The van der Waals surface area contributed by atoms with Crippen molar-refractivity contribution in [2.45, 2.75) is 39.3 Å². The van der Waals surface area contributed by atoms with Crippen LogP contribution in [-0.2, 0) is 6.54 Å². The van der Waals surface area contributed by atoms with E-state index >= 15 is 0 Å². The van der Waals surface area contributed by atoms with Gasteiger partial charge < -0.3 is 9.47 Å². The van der Waals surface area contributed by atoms with Gasteiger partial charge in [-0.1, -0.05) is 29.8 Å². The van der Waals surface area contributed by atoms with E-state index in [1.165, 1.54) is 0 Å². The van der Waals surface area contributed by atoms with Gasteiger partial charge in [-0.15, -0.1) is 10.2 Å². The summed E-state index contributed by atoms with van der Waals surface area (Å²) in [5, 5.41) is 9.68. The van der Waals surface area contributed by atoms with Crippen LogP contribution in [0.5, 0.6) is 0 Å². The Morgan fingerprint density at radius 2 is 2.16 bits per heavy atom. The number of nitrogens with zero attached hydrogens (tertiary/aromatic N) is 6. The Kier molecular flexibility index (Phi) is 4.41. The summed E-state index contributed by atoms with van der Waals surface area (Å²) in [6, 6.07) is 6.34. The number of rotatable bonds is 4. The third-order valence-corrected chi connectivity index (χ3v) is 5.10. The summed E-state index contributed by atoms with van der Waals surface area (Å²) in [6.07, 6.45) is 5.69. The molecule has 0 radical (unpaired) electrons. The molecule has 0 spiro atoms. The predicted molar refractivity (Wildman–Crippen MR) is 101 cm³/mol. The molecule has 0 bridgehead atoms. The van der Waals surface area contributed by atoms with Crippen LogP contribution < -0.4 is 4.90 Å². The normalized spacial score (nSPS) is 17.8. The lowest BCUT2D eigenvalue weighted by atomic mass is 10.1. The number of hydrogen-bond acceptors (Lipinski definition) is 5. The maximum Gasteiger partial charge on any atom is 0.155 e. The van der Waals surface area contributed by atoms with Crippen LogP contribution in [0.2, 0.25) is 0 Å². The molecule has 0 N–H and O–H groups in total. The molecule has 0 saturated carbocycles. The maximum atomic E-state index is 4.62. The van der Waals surface area contributed by atoms with Gasteiger partial charge >= 0.3 is 0 Å². The summed E-state index contributed by atoms with van der Waals surface area (Å²) in [5.41, 5.74) is 0.961. The van der Waals surface area contributed by atoms with E-state index in [1.54, 1.807) is 6.33 Å². The Morgan fingerprint density at radius 1 is 1.28 bits per heavy atom. The molecule has 1 fully saturated rings. The van der Waals surface area contributed by atoms with Gasteiger partial charge in [-0.05, 0) is 37.0 Å². The highest BCUT2D eigenvalue weighted by atomic mass is 79.9. The van der Waals surface area contributed by atoms with E-state index in [4.69, 9.17) is 0 Å². The topological polar surface area (TPSA) is 59.7 Å². The first-order chi connectivity index (χ1) is 12.1. The summed E-state index contributed by atoms with van der Waals surface area (Å²) >= 11 is 3.57. The highest BCUT2D eigenvalue weighted by molar-refractivity contribution is 9.10. The first-order valence-electron chi connectivity index (χ1n) is 8.68. The van der Waals surface area contributed by atoms with Gasteiger partial charge in [0, 0.05) is 22.9 Å². The SMILES string of the molecule is CC(C)Cn1cnnc1C1CCCN1c1ncnc2ccc(Br)cc12. The van der Waals surface area contributed by atoms with Crippen molar-refractivity contribution in [3.05, 3.63) is 41.2 Å². The molecule has 1 aliphatic heterocycles. The highest BCUT2D eigenvalue weighted by Crippen LogP contribution is 2.37. The molecule has 0 amide bonds. The molecule has 3 heterocycles. The summed E-state index contributed by atoms with van der Waals surface area (Å²) < 4.78 is 3.22. The minimum absolute atomic E-state index is 0.207. The van der Waals surface area contributed by atoms with Crippen molar-refractivity contribution in [2.24, 2.45) is 5.92 Å². The van der Waals surface area contributed by atoms with Gasteiger partial charge in [0.15, 0.2) is 5.82 Å². The predicted octanol–water partition coefficient (Wildman–Crippen LogP) is 3.98. The van der Waals surface area contributed by atoms with E-state index in [2.05, 4.69) is 65.5 Å². The van der Waals surface area contributed by atoms with Crippen LogP contribution in [0, 0.1) is 5.92 Å². The fourth-order valence-electron chi connectivity index (χ4n) is 3.59. The first-order valence-corrected chi connectivity index (χ1v) is 9.47. The van der Waals surface area contributed by atoms with E-state index in [0.717, 1.165) is 52.9 Å². The average Bonchev–Trinajstić information content (AvgIpc) is 3.22. The molecule has 25 heavy (non-hydrogen) atoms. The third-order valence-electron chi connectivity index (χ3n) is 4.61. The molecule has 1 atom stereocenters. The second-order valence-electron chi connectivity index (χ2n) is 6.95. The minimum Gasteiger partial charge on any atom is -0.346 e. The Balaban J connectivity index is 1.76. The lowest BCUT2D eigenvalue weighted by molar-refractivity contribution is 0.487. The monoisotopic (exact) mass is 400 g/mol. The Labute approximate surface area is 155 Å². The molecule has 2 aromatic heterocycles. The zero-order valence-electron chi connectivity index (χ0n) is 14.4. The van der Waals surface area contributed by atoms with Gasteiger partial charge in [0.05, 0.1) is 11.6 Å². The van der Waals surface area contributed by atoms with Gasteiger partial charge in [-0.25, -0.2) is 9.97 Å². The molecule has 1 aliphatic rings. The lowest BCUT2D eigenvalue weighted by Gasteiger charge is -2.26. The van der Waals surface area contributed by atoms with Crippen LogP contribution in [0.3, 0.4) is 0 Å². The van der Waals surface area contributed by atoms with E-state index in [-0.39, 0.29) is 6.04 Å². The molecule has 3 aromatic rings. The van der Waals surface area contributed by atoms with Gasteiger partial charge in [-0.3, -0.25) is 0 Å². The summed E-state index contributed by atoms with van der Waals surface area (Å²) in [6.45, 7) is 6.33. The number of halogens is 1. The summed E-state index contributed by atoms with van der Waals surface area (Å²) in [4.78, 5) is 11.4. The van der Waals surface area contributed by atoms with Crippen molar-refractivity contribution in [1.82, 2.24) is 24.7 Å². The Hall–Kier alpha value is -2.02. The zero-order chi connectivity index (χ0) is 17.4. The average molecular weight is 401 g/mol. The van der Waals surface area contributed by atoms with Crippen LogP contribution in [0.1, 0.15) is 38.6 Å². The molecular weight excluding hydrogens is 380 g/mol. The largest absolute Gasteiger partial charge is 0.346 e. The molecule has 1 saturated heterocycles. The molecule has 7 heteroatoms. The van der Waals surface area contributed by atoms with E-state index in [0.29, 0.717) is 5.92 Å². The lowest BCUT2D eigenvalue weighted by Crippen LogP contribution is -2.27. The molecule has 4 rings (SSSR count). The third kappa shape index (κ3) is 3.13. The van der Waals surface area contributed by atoms with Crippen LogP contribution in [0.15, 0.2) is 35.3 Å². The Bertz CT molecular complexity index is 890. The first kappa shape index (κ1) is 16.4. The van der Waals surface area contributed by atoms with E-state index in [9.17, 15) is 0 Å². The van der Waals surface area contributed by atoms with Gasteiger partial charge in [0.1, 0.15) is 18.5 Å². The second-order valence-corrected chi connectivity index (χ2v) is 7.86.